The molecule has 1 aliphatic carbocycles. The molecule has 0 amide bonds. The Kier molecular flexibility index (Phi) is 2.28. The second kappa shape index (κ2) is 3.29. The van der Waals surface area contributed by atoms with E-state index in [0.29, 0.717) is 13.2 Å². The molecule has 1 heterocycles. The van der Waals surface area contributed by atoms with Crippen LogP contribution in [0.3, 0.4) is 0 Å². The molecule has 13 heavy (non-hydrogen) atoms. The monoisotopic (exact) mass is 180 g/mol. The van der Waals surface area contributed by atoms with Crippen molar-refractivity contribution in [3.63, 3.8) is 0 Å². The van der Waals surface area contributed by atoms with Gasteiger partial charge in [0, 0.05) is 5.92 Å². The Bertz CT molecular complexity index is 270. The Balaban J connectivity index is 2.36. The van der Waals surface area contributed by atoms with Crippen LogP contribution in [0, 0.1) is 11.8 Å². The molecule has 4 heteroatoms. The van der Waals surface area contributed by atoms with E-state index in [2.05, 4.69) is 6.08 Å². The summed E-state index contributed by atoms with van der Waals surface area (Å²) < 4.78 is 5.29. The van der Waals surface area contributed by atoms with Gasteiger partial charge in [-0.2, -0.15) is 0 Å². The summed E-state index contributed by atoms with van der Waals surface area (Å²) in [6, 6.07) is 0. The van der Waals surface area contributed by atoms with Gasteiger partial charge in [-0.15, -0.1) is 0 Å². The minimum absolute atomic E-state index is 0.118. The van der Waals surface area contributed by atoms with E-state index in [4.69, 9.17) is 4.74 Å². The van der Waals surface area contributed by atoms with E-state index < -0.39 is 7.12 Å². The van der Waals surface area contributed by atoms with Gasteiger partial charge in [-0.1, -0.05) is 19.1 Å². The molecular weight excluding hydrogens is 167 g/mol. The predicted octanol–water partition coefficient (Wildman–Crippen LogP) is 0.147. The predicted molar refractivity (Wildman–Crippen MR) is 49.8 cm³/mol. The van der Waals surface area contributed by atoms with Gasteiger partial charge in [0.25, 0.3) is 0 Å². The molecule has 0 saturated carbocycles. The molecule has 2 rings (SSSR count). The Morgan fingerprint density at radius 2 is 2.23 bits per heavy atom. The summed E-state index contributed by atoms with van der Waals surface area (Å²) in [6.45, 7) is 3.19. The van der Waals surface area contributed by atoms with Crippen molar-refractivity contribution in [3.8, 4) is 0 Å². The molecule has 0 aromatic carbocycles. The normalized spacial score (nSPS) is 32.2. The van der Waals surface area contributed by atoms with Crippen LogP contribution in [0.1, 0.15) is 6.92 Å². The summed E-state index contributed by atoms with van der Waals surface area (Å²) in [5, 5.41) is 18.4. The van der Waals surface area contributed by atoms with Gasteiger partial charge in [0.05, 0.1) is 13.2 Å². The van der Waals surface area contributed by atoms with Gasteiger partial charge in [-0.3, -0.25) is 0 Å². The fraction of sp³-hybridized carbons (Fsp3) is 0.556. The zero-order valence-electron chi connectivity index (χ0n) is 7.60. The van der Waals surface area contributed by atoms with E-state index in [1.54, 1.807) is 0 Å². The van der Waals surface area contributed by atoms with Crippen molar-refractivity contribution in [3.05, 3.63) is 23.2 Å². The lowest BCUT2D eigenvalue weighted by atomic mass is 9.66. The van der Waals surface area contributed by atoms with E-state index in [-0.39, 0.29) is 11.8 Å². The van der Waals surface area contributed by atoms with Crippen LogP contribution in [0.25, 0.3) is 0 Å². The van der Waals surface area contributed by atoms with E-state index in [0.717, 1.165) is 11.0 Å². The maximum absolute atomic E-state index is 9.20. The molecule has 0 bridgehead atoms. The Hall–Kier alpha value is -0.575. The van der Waals surface area contributed by atoms with Crippen LogP contribution >= 0.6 is 0 Å². The molecule has 0 spiro atoms. The van der Waals surface area contributed by atoms with Crippen LogP contribution in [0.5, 0.6) is 0 Å². The number of hydrogen-bond donors (Lipinski definition) is 2. The van der Waals surface area contributed by atoms with Crippen molar-refractivity contribution in [2.75, 3.05) is 13.2 Å². The van der Waals surface area contributed by atoms with Crippen LogP contribution in [-0.2, 0) is 4.74 Å². The highest BCUT2D eigenvalue weighted by atomic mass is 16.5. The maximum atomic E-state index is 9.20. The van der Waals surface area contributed by atoms with Crippen LogP contribution in [0.2, 0.25) is 0 Å². The molecule has 2 N–H and O–H groups in total. The van der Waals surface area contributed by atoms with Gasteiger partial charge in [0.2, 0.25) is 0 Å². The summed E-state index contributed by atoms with van der Waals surface area (Å²) in [6.07, 6.45) is 4.11. The van der Waals surface area contributed by atoms with Gasteiger partial charge >= 0.3 is 7.12 Å². The second-order valence-electron chi connectivity index (χ2n) is 3.65. The lowest BCUT2D eigenvalue weighted by molar-refractivity contribution is 0.195. The lowest BCUT2D eigenvalue weighted by Crippen LogP contribution is -2.26. The van der Waals surface area contributed by atoms with E-state index in [9.17, 15) is 10.0 Å². The topological polar surface area (TPSA) is 49.7 Å². The molecule has 0 aromatic heterocycles. The zero-order chi connectivity index (χ0) is 9.42. The molecule has 1 saturated heterocycles. The number of rotatable bonds is 1. The van der Waals surface area contributed by atoms with Crippen LogP contribution in [0.15, 0.2) is 23.2 Å². The molecule has 2 aliphatic rings. The van der Waals surface area contributed by atoms with Crippen molar-refractivity contribution in [2.24, 2.45) is 11.8 Å². The maximum Gasteiger partial charge on any atom is 0.484 e. The first-order valence-electron chi connectivity index (χ1n) is 4.55. The minimum Gasteiger partial charge on any atom is -0.423 e. The second-order valence-corrected chi connectivity index (χ2v) is 3.65. The van der Waals surface area contributed by atoms with Gasteiger partial charge in [0.15, 0.2) is 0 Å². The lowest BCUT2D eigenvalue weighted by Gasteiger charge is -2.22. The zero-order valence-corrected chi connectivity index (χ0v) is 7.60. The number of hydrogen-bond acceptors (Lipinski definition) is 3. The number of allylic oxidation sites excluding steroid dienone is 2. The van der Waals surface area contributed by atoms with Crippen molar-refractivity contribution in [2.45, 2.75) is 6.92 Å². The molecule has 0 aromatic rings. The third-order valence-electron chi connectivity index (χ3n) is 2.77. The average Bonchev–Trinajstić information content (AvgIpc) is 2.50. The first kappa shape index (κ1) is 9.00. The number of fused-ring (bicyclic) bond motifs is 1. The summed E-state index contributed by atoms with van der Waals surface area (Å²) >= 11 is 0. The molecule has 1 fully saturated rings. The van der Waals surface area contributed by atoms with E-state index >= 15 is 0 Å². The molecule has 70 valence electrons. The molecule has 2 unspecified atom stereocenters. The van der Waals surface area contributed by atoms with Gasteiger partial charge in [0.1, 0.15) is 0 Å². The minimum atomic E-state index is -1.33. The molecule has 3 nitrogen and oxygen atoms in total. The quantitative estimate of drug-likeness (QED) is 0.446. The van der Waals surface area contributed by atoms with E-state index in [1.165, 1.54) is 0 Å². The highest BCUT2D eigenvalue weighted by molar-refractivity contribution is 6.51. The summed E-state index contributed by atoms with van der Waals surface area (Å²) in [7, 11) is -1.33. The standard InChI is InChI=1S/C9H13BO3/c1-6-2-3-7-4-13-5-8(7)9(6)10(11)12/h2-3,6-7,11-12H,4-5H2,1H3. The largest absolute Gasteiger partial charge is 0.484 e. The smallest absolute Gasteiger partial charge is 0.423 e. The van der Waals surface area contributed by atoms with Crippen molar-refractivity contribution < 1.29 is 14.8 Å². The third kappa shape index (κ3) is 1.45. The summed E-state index contributed by atoms with van der Waals surface area (Å²) in [4.78, 5) is 0. The van der Waals surface area contributed by atoms with Crippen molar-refractivity contribution >= 4 is 7.12 Å². The van der Waals surface area contributed by atoms with Gasteiger partial charge < -0.3 is 14.8 Å². The third-order valence-corrected chi connectivity index (χ3v) is 2.77. The SMILES string of the molecule is CC1C=CC2COCC2=C1B(O)O. The number of ether oxygens (including phenoxy) is 1. The molecule has 1 aliphatic heterocycles. The summed E-state index contributed by atoms with van der Waals surface area (Å²) in [5.41, 5.74) is 1.79. The first-order valence-corrected chi connectivity index (χ1v) is 4.55. The van der Waals surface area contributed by atoms with Crippen molar-refractivity contribution in [1.29, 1.82) is 0 Å². The fourth-order valence-corrected chi connectivity index (χ4v) is 2.07. The average molecular weight is 180 g/mol. The van der Waals surface area contributed by atoms with Crippen LogP contribution in [0.4, 0.5) is 0 Å². The fourth-order valence-electron chi connectivity index (χ4n) is 2.07. The highest BCUT2D eigenvalue weighted by Crippen LogP contribution is 2.33. The van der Waals surface area contributed by atoms with Crippen molar-refractivity contribution in [1.82, 2.24) is 0 Å². The Morgan fingerprint density at radius 1 is 1.46 bits per heavy atom. The molecule has 0 radical (unpaired) electrons. The Labute approximate surface area is 77.9 Å². The van der Waals surface area contributed by atoms with Gasteiger partial charge in [-0.05, 0) is 17.0 Å². The Morgan fingerprint density at radius 3 is 2.92 bits per heavy atom. The molecule has 2 atom stereocenters. The first-order chi connectivity index (χ1) is 6.20. The van der Waals surface area contributed by atoms with E-state index in [1.807, 2.05) is 13.0 Å². The highest BCUT2D eigenvalue weighted by Gasteiger charge is 2.32. The summed E-state index contributed by atoms with van der Waals surface area (Å²) in [5.74, 6) is 0.390. The molecular formula is C9H13BO3. The van der Waals surface area contributed by atoms with Crippen LogP contribution < -0.4 is 0 Å². The van der Waals surface area contributed by atoms with Crippen LogP contribution in [-0.4, -0.2) is 30.4 Å². The van der Waals surface area contributed by atoms with Gasteiger partial charge in [-0.25, -0.2) is 0 Å².